The molecular formula is C35H43NO3. The van der Waals surface area contributed by atoms with Crippen molar-refractivity contribution in [2.24, 2.45) is 17.3 Å². The van der Waals surface area contributed by atoms with Crippen molar-refractivity contribution in [2.75, 3.05) is 6.61 Å². The van der Waals surface area contributed by atoms with Gasteiger partial charge in [0.2, 0.25) is 5.91 Å². The highest BCUT2D eigenvalue weighted by atomic mass is 16.5. The van der Waals surface area contributed by atoms with Crippen molar-refractivity contribution < 1.29 is 14.3 Å². The number of benzene rings is 3. The number of carbonyl (C=O) groups is 2. The zero-order valence-corrected chi connectivity index (χ0v) is 23.6. The van der Waals surface area contributed by atoms with Crippen LogP contribution < -0.4 is 5.32 Å². The SMILES string of the molecule is CCCC(C[C@@]1(C=O)CCC(COC(c2ccccc2)(c2ccccc2)c2ccccc2)C1)C(C)NC(C)=O. The smallest absolute Gasteiger partial charge is 0.217 e. The Bertz CT molecular complexity index is 1080. The molecule has 0 aromatic heterocycles. The molecule has 4 nitrogen and oxygen atoms in total. The van der Waals surface area contributed by atoms with E-state index >= 15 is 0 Å². The van der Waals surface area contributed by atoms with Crippen LogP contribution in [0.25, 0.3) is 0 Å². The Morgan fingerprint density at radius 2 is 1.49 bits per heavy atom. The highest BCUT2D eigenvalue weighted by molar-refractivity contribution is 5.73. The molecule has 0 bridgehead atoms. The molecule has 3 aromatic rings. The molecule has 3 unspecified atom stereocenters. The molecule has 1 saturated carbocycles. The lowest BCUT2D eigenvalue weighted by Crippen LogP contribution is -2.39. The molecule has 1 amide bonds. The van der Waals surface area contributed by atoms with Gasteiger partial charge in [0.05, 0.1) is 6.61 Å². The lowest BCUT2D eigenvalue weighted by atomic mass is 9.75. The van der Waals surface area contributed by atoms with Crippen LogP contribution in [-0.2, 0) is 19.9 Å². The largest absolute Gasteiger partial charge is 0.361 e. The minimum Gasteiger partial charge on any atom is -0.361 e. The van der Waals surface area contributed by atoms with Gasteiger partial charge >= 0.3 is 0 Å². The van der Waals surface area contributed by atoms with Crippen molar-refractivity contribution in [1.82, 2.24) is 5.32 Å². The summed E-state index contributed by atoms with van der Waals surface area (Å²) in [6.07, 6.45) is 6.69. The molecule has 4 heteroatoms. The van der Waals surface area contributed by atoms with E-state index in [9.17, 15) is 9.59 Å². The van der Waals surface area contributed by atoms with E-state index in [0.29, 0.717) is 6.61 Å². The van der Waals surface area contributed by atoms with Crippen molar-refractivity contribution in [1.29, 1.82) is 0 Å². The molecular weight excluding hydrogens is 482 g/mol. The van der Waals surface area contributed by atoms with E-state index in [1.165, 1.54) is 6.29 Å². The Morgan fingerprint density at radius 3 is 1.92 bits per heavy atom. The molecule has 0 heterocycles. The van der Waals surface area contributed by atoms with Crippen LogP contribution in [0.4, 0.5) is 0 Å². The zero-order valence-electron chi connectivity index (χ0n) is 23.6. The molecule has 0 saturated heterocycles. The maximum Gasteiger partial charge on any atom is 0.217 e. The van der Waals surface area contributed by atoms with Gasteiger partial charge in [0.15, 0.2) is 0 Å². The predicted octanol–water partition coefficient (Wildman–Crippen LogP) is 7.31. The van der Waals surface area contributed by atoms with Crippen LogP contribution >= 0.6 is 0 Å². The number of rotatable bonds is 13. The number of hydrogen-bond donors (Lipinski definition) is 1. The molecule has 0 aliphatic heterocycles. The molecule has 3 aromatic carbocycles. The van der Waals surface area contributed by atoms with Crippen molar-refractivity contribution in [3.63, 3.8) is 0 Å². The lowest BCUT2D eigenvalue weighted by molar-refractivity contribution is -0.120. The van der Waals surface area contributed by atoms with Crippen molar-refractivity contribution >= 4 is 12.2 Å². The molecule has 4 atom stereocenters. The number of carbonyl (C=O) groups excluding carboxylic acids is 2. The minimum absolute atomic E-state index is 0.0134. The Hall–Kier alpha value is -3.24. The normalized spacial score (nSPS) is 20.7. The second kappa shape index (κ2) is 13.2. The summed E-state index contributed by atoms with van der Waals surface area (Å²) < 4.78 is 7.09. The van der Waals surface area contributed by atoms with Crippen LogP contribution in [0.15, 0.2) is 91.0 Å². The van der Waals surface area contributed by atoms with Gasteiger partial charge in [-0.15, -0.1) is 0 Å². The fraction of sp³-hybridized carbons (Fsp3) is 0.429. The summed E-state index contributed by atoms with van der Waals surface area (Å²) in [6.45, 7) is 6.37. The summed E-state index contributed by atoms with van der Waals surface area (Å²) in [6, 6.07) is 31.4. The van der Waals surface area contributed by atoms with Gasteiger partial charge < -0.3 is 14.8 Å². The topological polar surface area (TPSA) is 55.4 Å². The number of aldehydes is 1. The van der Waals surface area contributed by atoms with Gasteiger partial charge in [-0.2, -0.15) is 0 Å². The van der Waals surface area contributed by atoms with Gasteiger partial charge in [-0.25, -0.2) is 0 Å². The van der Waals surface area contributed by atoms with Crippen LogP contribution in [0, 0.1) is 17.3 Å². The zero-order chi connectivity index (χ0) is 27.7. The summed E-state index contributed by atoms with van der Waals surface area (Å²) in [5.74, 6) is 0.547. The molecule has 1 N–H and O–H groups in total. The summed E-state index contributed by atoms with van der Waals surface area (Å²) in [5, 5.41) is 3.07. The lowest BCUT2D eigenvalue weighted by Gasteiger charge is -2.37. The number of hydrogen-bond acceptors (Lipinski definition) is 3. The predicted molar refractivity (Wildman–Crippen MR) is 157 cm³/mol. The number of nitrogens with one attached hydrogen (secondary N) is 1. The average Bonchev–Trinajstić information content (AvgIpc) is 3.38. The van der Waals surface area contributed by atoms with Crippen LogP contribution in [-0.4, -0.2) is 24.8 Å². The first-order valence-corrected chi connectivity index (χ1v) is 14.5. The molecule has 1 aliphatic carbocycles. The van der Waals surface area contributed by atoms with Crippen LogP contribution in [0.3, 0.4) is 0 Å². The van der Waals surface area contributed by atoms with Crippen molar-refractivity contribution in [3.05, 3.63) is 108 Å². The average molecular weight is 526 g/mol. The maximum absolute atomic E-state index is 12.6. The number of amides is 1. The van der Waals surface area contributed by atoms with Crippen molar-refractivity contribution in [3.8, 4) is 0 Å². The fourth-order valence-electron chi connectivity index (χ4n) is 6.63. The van der Waals surface area contributed by atoms with Crippen LogP contribution in [0.1, 0.15) is 76.0 Å². The standard InChI is InChI=1S/C35H43NO3/c1-4-14-30(27(2)36-28(3)38)24-34(26-37)22-21-29(23-34)25-39-35(31-15-8-5-9-16-31,32-17-10-6-11-18-32)33-19-12-7-13-20-33/h5-13,15-20,26-27,29-30H,4,14,21-25H2,1-3H3,(H,36,38)/t27?,29?,30?,34-/m1/s1. The van der Waals surface area contributed by atoms with E-state index < -0.39 is 5.60 Å². The summed E-state index contributed by atoms with van der Waals surface area (Å²) in [7, 11) is 0. The van der Waals surface area contributed by atoms with Gasteiger partial charge in [0.25, 0.3) is 0 Å². The third kappa shape index (κ3) is 6.67. The third-order valence-corrected chi connectivity index (χ3v) is 8.54. The Morgan fingerprint density at radius 1 is 0.974 bits per heavy atom. The second-order valence-corrected chi connectivity index (χ2v) is 11.4. The molecule has 0 spiro atoms. The van der Waals surface area contributed by atoms with E-state index in [2.05, 4.69) is 92.0 Å². The highest BCUT2D eigenvalue weighted by Crippen LogP contribution is 2.48. The minimum atomic E-state index is -0.749. The quantitative estimate of drug-likeness (QED) is 0.188. The van der Waals surface area contributed by atoms with E-state index in [0.717, 1.165) is 55.2 Å². The van der Waals surface area contributed by atoms with Gasteiger partial charge in [-0.05, 0) is 67.6 Å². The molecule has 1 aliphatic rings. The van der Waals surface area contributed by atoms with Crippen molar-refractivity contribution in [2.45, 2.75) is 70.9 Å². The van der Waals surface area contributed by atoms with E-state index in [1.807, 2.05) is 18.2 Å². The molecule has 39 heavy (non-hydrogen) atoms. The fourth-order valence-corrected chi connectivity index (χ4v) is 6.63. The first-order chi connectivity index (χ1) is 18.9. The first-order valence-electron chi connectivity index (χ1n) is 14.5. The first kappa shape index (κ1) is 28.8. The molecule has 206 valence electrons. The Balaban J connectivity index is 1.60. The highest BCUT2D eigenvalue weighted by Gasteiger charge is 2.44. The van der Waals surface area contributed by atoms with Gasteiger partial charge in [0.1, 0.15) is 11.9 Å². The molecule has 1 fully saturated rings. The van der Waals surface area contributed by atoms with Gasteiger partial charge in [0, 0.05) is 18.4 Å². The summed E-state index contributed by atoms with van der Waals surface area (Å²) in [5.41, 5.74) is 2.16. The van der Waals surface area contributed by atoms with E-state index in [1.54, 1.807) is 6.92 Å². The monoisotopic (exact) mass is 525 g/mol. The summed E-state index contributed by atoms with van der Waals surface area (Å²) in [4.78, 5) is 24.3. The molecule has 0 radical (unpaired) electrons. The third-order valence-electron chi connectivity index (χ3n) is 8.54. The molecule has 4 rings (SSSR count). The second-order valence-electron chi connectivity index (χ2n) is 11.4. The van der Waals surface area contributed by atoms with Gasteiger partial charge in [-0.1, -0.05) is 104 Å². The van der Waals surface area contributed by atoms with E-state index in [4.69, 9.17) is 4.74 Å². The number of ether oxygens (including phenoxy) is 1. The Kier molecular flexibility index (Phi) is 9.74. The Labute approximate surface area is 234 Å². The van der Waals surface area contributed by atoms with E-state index in [-0.39, 0.29) is 29.2 Å². The van der Waals surface area contributed by atoms with Gasteiger partial charge in [-0.3, -0.25) is 4.79 Å². The van der Waals surface area contributed by atoms with Crippen LogP contribution in [0.2, 0.25) is 0 Å². The summed E-state index contributed by atoms with van der Waals surface area (Å²) >= 11 is 0. The van der Waals surface area contributed by atoms with Crippen LogP contribution in [0.5, 0.6) is 0 Å². The maximum atomic E-state index is 12.6.